The lowest BCUT2D eigenvalue weighted by molar-refractivity contribution is -0.130. The Morgan fingerprint density at radius 1 is 1.47 bits per heavy atom. The molecule has 1 aliphatic rings. The molecule has 1 aliphatic heterocycles. The molecule has 1 atom stereocenters. The van der Waals surface area contributed by atoms with Crippen LogP contribution in [0, 0.1) is 0 Å². The molecule has 1 saturated heterocycles. The Hall–Kier alpha value is 0.130. The van der Waals surface area contributed by atoms with Crippen LogP contribution in [0.5, 0.6) is 0 Å². The van der Waals surface area contributed by atoms with Crippen molar-refractivity contribution in [2.75, 3.05) is 38.6 Å². The SMILES string of the molecule is CC(=O)N1CCN(CC(F)(Br)CCl)CC1. The van der Waals surface area contributed by atoms with Crippen LogP contribution in [0.3, 0.4) is 0 Å². The van der Waals surface area contributed by atoms with Gasteiger partial charge in [0.05, 0.1) is 5.88 Å². The predicted molar refractivity (Wildman–Crippen MR) is 62.2 cm³/mol. The second kappa shape index (κ2) is 5.46. The van der Waals surface area contributed by atoms with Gasteiger partial charge in [-0.1, -0.05) is 0 Å². The van der Waals surface area contributed by atoms with Gasteiger partial charge in [0.15, 0.2) is 4.58 Å². The van der Waals surface area contributed by atoms with E-state index in [0.29, 0.717) is 26.2 Å². The van der Waals surface area contributed by atoms with E-state index >= 15 is 0 Å². The minimum atomic E-state index is -1.52. The Morgan fingerprint density at radius 2 is 2.00 bits per heavy atom. The second-order valence-corrected chi connectivity index (χ2v) is 5.46. The van der Waals surface area contributed by atoms with Crippen molar-refractivity contribution in [2.45, 2.75) is 11.5 Å². The van der Waals surface area contributed by atoms with Gasteiger partial charge in [-0.2, -0.15) is 0 Å². The third-order valence-electron chi connectivity index (χ3n) is 2.47. The van der Waals surface area contributed by atoms with Gasteiger partial charge in [0, 0.05) is 39.6 Å². The van der Waals surface area contributed by atoms with Crippen molar-refractivity contribution in [2.24, 2.45) is 0 Å². The summed E-state index contributed by atoms with van der Waals surface area (Å²) in [6.07, 6.45) is 0. The first-order valence-electron chi connectivity index (χ1n) is 4.86. The molecule has 0 aromatic heterocycles. The van der Waals surface area contributed by atoms with Gasteiger partial charge in [-0.15, -0.1) is 11.6 Å². The van der Waals surface area contributed by atoms with Crippen LogP contribution >= 0.6 is 27.5 Å². The molecular formula is C9H15BrClFN2O. The number of alkyl halides is 3. The molecule has 88 valence electrons. The van der Waals surface area contributed by atoms with E-state index in [1.807, 2.05) is 4.90 Å². The fraction of sp³-hybridized carbons (Fsp3) is 0.889. The first kappa shape index (κ1) is 13.2. The summed E-state index contributed by atoms with van der Waals surface area (Å²) in [4.78, 5) is 14.8. The van der Waals surface area contributed by atoms with Crippen LogP contribution in [0.1, 0.15) is 6.92 Å². The van der Waals surface area contributed by atoms with E-state index in [1.165, 1.54) is 0 Å². The number of amides is 1. The average molecular weight is 302 g/mol. The molecule has 0 saturated carbocycles. The summed E-state index contributed by atoms with van der Waals surface area (Å²) in [5.74, 6) is 0.0114. The highest BCUT2D eigenvalue weighted by molar-refractivity contribution is 9.10. The summed E-state index contributed by atoms with van der Waals surface area (Å²) in [5.41, 5.74) is 0. The maximum atomic E-state index is 13.5. The van der Waals surface area contributed by atoms with Crippen LogP contribution in [-0.2, 0) is 4.79 Å². The Bertz CT molecular complexity index is 232. The van der Waals surface area contributed by atoms with Crippen LogP contribution in [0.15, 0.2) is 0 Å². The number of nitrogens with zero attached hydrogens (tertiary/aromatic N) is 2. The molecule has 0 aliphatic carbocycles. The van der Waals surface area contributed by atoms with Crippen molar-refractivity contribution in [1.82, 2.24) is 9.80 Å². The van der Waals surface area contributed by atoms with Crippen molar-refractivity contribution in [3.8, 4) is 0 Å². The minimum absolute atomic E-state index is 0.0695. The highest BCUT2D eigenvalue weighted by Crippen LogP contribution is 2.23. The van der Waals surface area contributed by atoms with Crippen molar-refractivity contribution in [3.63, 3.8) is 0 Å². The number of hydrogen-bond donors (Lipinski definition) is 0. The zero-order valence-electron chi connectivity index (χ0n) is 8.68. The van der Waals surface area contributed by atoms with Crippen molar-refractivity contribution < 1.29 is 9.18 Å². The molecule has 1 amide bonds. The Labute approximate surface area is 103 Å². The number of carbonyl (C=O) groups excluding carboxylic acids is 1. The molecule has 0 N–H and O–H groups in total. The van der Waals surface area contributed by atoms with E-state index in [-0.39, 0.29) is 18.3 Å². The van der Waals surface area contributed by atoms with Gasteiger partial charge in [0.1, 0.15) is 0 Å². The van der Waals surface area contributed by atoms with Crippen LogP contribution in [0.2, 0.25) is 0 Å². The average Bonchev–Trinajstić information content (AvgIpc) is 2.18. The molecule has 1 fully saturated rings. The lowest BCUT2D eigenvalue weighted by Gasteiger charge is -2.36. The third-order valence-corrected chi connectivity index (χ3v) is 3.75. The standard InChI is InChI=1S/C9H15BrClFN2O/c1-8(15)14-4-2-13(3-5-14)7-9(10,12)6-11/h2-7H2,1H3. The van der Waals surface area contributed by atoms with Gasteiger partial charge < -0.3 is 4.90 Å². The zero-order valence-corrected chi connectivity index (χ0v) is 11.0. The summed E-state index contributed by atoms with van der Waals surface area (Å²) in [7, 11) is 0. The molecule has 3 nitrogen and oxygen atoms in total. The Balaban J connectivity index is 2.35. The summed E-state index contributed by atoms with van der Waals surface area (Å²) < 4.78 is 12.0. The van der Waals surface area contributed by atoms with E-state index in [0.717, 1.165) is 0 Å². The predicted octanol–water partition coefficient (Wildman–Crippen LogP) is 1.45. The zero-order chi connectivity index (χ0) is 11.5. The van der Waals surface area contributed by atoms with Gasteiger partial charge in [-0.25, -0.2) is 4.39 Å². The summed E-state index contributed by atoms with van der Waals surface area (Å²) in [6.45, 7) is 4.56. The van der Waals surface area contributed by atoms with Crippen LogP contribution < -0.4 is 0 Å². The van der Waals surface area contributed by atoms with Gasteiger partial charge in [0.25, 0.3) is 0 Å². The van der Waals surface area contributed by atoms with Crippen molar-refractivity contribution in [1.29, 1.82) is 0 Å². The normalized spacial score (nSPS) is 22.5. The molecular weight excluding hydrogens is 286 g/mol. The summed E-state index contributed by atoms with van der Waals surface area (Å²) in [5, 5.41) is 0. The molecule has 0 spiro atoms. The second-order valence-electron chi connectivity index (χ2n) is 3.77. The van der Waals surface area contributed by atoms with Crippen LogP contribution in [0.4, 0.5) is 4.39 Å². The minimum Gasteiger partial charge on any atom is -0.340 e. The fourth-order valence-electron chi connectivity index (χ4n) is 1.59. The largest absolute Gasteiger partial charge is 0.340 e. The van der Waals surface area contributed by atoms with Crippen LogP contribution in [-0.4, -0.2) is 58.9 Å². The molecule has 6 heteroatoms. The first-order chi connectivity index (χ1) is 6.94. The first-order valence-corrected chi connectivity index (χ1v) is 6.19. The highest BCUT2D eigenvalue weighted by atomic mass is 79.9. The van der Waals surface area contributed by atoms with E-state index in [9.17, 15) is 9.18 Å². The molecule has 0 aromatic rings. The van der Waals surface area contributed by atoms with Crippen molar-refractivity contribution in [3.05, 3.63) is 0 Å². The maximum Gasteiger partial charge on any atom is 0.219 e. The quantitative estimate of drug-likeness (QED) is 0.737. The molecule has 0 radical (unpaired) electrons. The number of piperazine rings is 1. The lowest BCUT2D eigenvalue weighted by atomic mass is 10.3. The topological polar surface area (TPSA) is 23.6 Å². The van der Waals surface area contributed by atoms with Gasteiger partial charge in [0.2, 0.25) is 5.91 Å². The number of carbonyl (C=O) groups is 1. The van der Waals surface area contributed by atoms with Gasteiger partial charge in [-0.05, 0) is 15.9 Å². The smallest absolute Gasteiger partial charge is 0.219 e. The highest BCUT2D eigenvalue weighted by Gasteiger charge is 2.29. The van der Waals surface area contributed by atoms with E-state index in [2.05, 4.69) is 15.9 Å². The van der Waals surface area contributed by atoms with E-state index in [1.54, 1.807) is 11.8 Å². The molecule has 1 heterocycles. The van der Waals surface area contributed by atoms with Gasteiger partial charge >= 0.3 is 0 Å². The summed E-state index contributed by atoms with van der Waals surface area (Å²) in [6, 6.07) is 0. The fourth-order valence-corrected chi connectivity index (χ4v) is 2.03. The molecule has 0 bridgehead atoms. The van der Waals surface area contributed by atoms with Crippen molar-refractivity contribution >= 4 is 33.4 Å². The van der Waals surface area contributed by atoms with E-state index in [4.69, 9.17) is 11.6 Å². The third kappa shape index (κ3) is 4.25. The summed E-state index contributed by atoms with van der Waals surface area (Å²) >= 11 is 8.42. The number of hydrogen-bond acceptors (Lipinski definition) is 2. The van der Waals surface area contributed by atoms with E-state index < -0.39 is 4.58 Å². The molecule has 0 aromatic carbocycles. The molecule has 15 heavy (non-hydrogen) atoms. The number of halogens is 3. The maximum absolute atomic E-state index is 13.5. The molecule has 1 unspecified atom stereocenters. The molecule has 1 rings (SSSR count). The Morgan fingerprint density at radius 3 is 2.40 bits per heavy atom. The number of rotatable bonds is 3. The van der Waals surface area contributed by atoms with Gasteiger partial charge in [-0.3, -0.25) is 9.69 Å². The lowest BCUT2D eigenvalue weighted by Crippen LogP contribution is -2.51. The Kier molecular flexibility index (Phi) is 4.80. The van der Waals surface area contributed by atoms with Crippen LogP contribution in [0.25, 0.3) is 0 Å². The monoisotopic (exact) mass is 300 g/mol.